The lowest BCUT2D eigenvalue weighted by Crippen LogP contribution is -2.45. The van der Waals surface area contributed by atoms with E-state index in [4.69, 9.17) is 0 Å². The Morgan fingerprint density at radius 3 is 2.00 bits per heavy atom. The lowest BCUT2D eigenvalue weighted by molar-refractivity contribution is -0.190. The predicted octanol–water partition coefficient (Wildman–Crippen LogP) is 4.09. The second-order valence-electron chi connectivity index (χ2n) is 7.37. The van der Waals surface area contributed by atoms with Crippen LogP contribution < -0.4 is 0 Å². The molecule has 0 aromatic heterocycles. The maximum absolute atomic E-state index is 13.4. The van der Waals surface area contributed by atoms with Gasteiger partial charge in [-0.05, 0) is 48.1 Å². The molecule has 15 heteroatoms. The maximum Gasteiger partial charge on any atom is 0.422 e. The number of amides is 1. The van der Waals surface area contributed by atoms with Crippen molar-refractivity contribution in [2.24, 2.45) is 5.92 Å². The van der Waals surface area contributed by atoms with Gasteiger partial charge in [0.25, 0.3) is 0 Å². The second kappa shape index (κ2) is 12.7. The fourth-order valence-corrected chi connectivity index (χ4v) is 3.02. The van der Waals surface area contributed by atoms with Gasteiger partial charge in [0.05, 0.1) is 6.04 Å². The van der Waals surface area contributed by atoms with Gasteiger partial charge in [-0.25, -0.2) is 14.0 Å². The largest absolute Gasteiger partial charge is 0.449 e. The first-order valence-electron chi connectivity index (χ1n) is 9.73. The number of carbonyl (C=O) groups is 4. The van der Waals surface area contributed by atoms with Crippen molar-refractivity contribution < 1.29 is 59.4 Å². The van der Waals surface area contributed by atoms with Crippen molar-refractivity contribution in [2.45, 2.75) is 38.2 Å². The van der Waals surface area contributed by atoms with Crippen molar-refractivity contribution >= 4 is 34.7 Å². The minimum Gasteiger partial charge on any atom is -0.449 e. The van der Waals surface area contributed by atoms with Crippen molar-refractivity contribution in [3.8, 4) is 0 Å². The molecule has 1 aromatic carbocycles. The molecule has 0 saturated carbocycles. The van der Waals surface area contributed by atoms with E-state index in [0.29, 0.717) is 12.0 Å². The Labute approximate surface area is 199 Å². The summed E-state index contributed by atoms with van der Waals surface area (Å²) in [6.45, 7) is -1.56. The van der Waals surface area contributed by atoms with Crippen molar-refractivity contribution in [3.05, 3.63) is 35.6 Å². The van der Waals surface area contributed by atoms with Crippen molar-refractivity contribution in [1.82, 2.24) is 4.90 Å². The van der Waals surface area contributed by atoms with Gasteiger partial charge in [-0.3, -0.25) is 9.59 Å². The molecule has 7 nitrogen and oxygen atoms in total. The quantitative estimate of drug-likeness (QED) is 0.249. The Hall–Kier alpha value is -2.90. The molecule has 1 heterocycles. The van der Waals surface area contributed by atoms with Crippen LogP contribution in [-0.4, -0.2) is 60.1 Å². The Bertz CT molecular complexity index is 922. The molecule has 0 aliphatic carbocycles. The van der Waals surface area contributed by atoms with Gasteiger partial charge in [-0.1, -0.05) is 19.1 Å². The van der Waals surface area contributed by atoms with Crippen molar-refractivity contribution in [2.75, 3.05) is 19.8 Å². The molecule has 0 bridgehead atoms. The summed E-state index contributed by atoms with van der Waals surface area (Å²) in [7, 11) is 0. The summed E-state index contributed by atoms with van der Waals surface area (Å²) in [6.07, 6.45) is -8.10. The predicted molar refractivity (Wildman–Crippen MR) is 104 cm³/mol. The van der Waals surface area contributed by atoms with E-state index in [2.05, 4.69) is 21.1 Å². The fraction of sp³-hybridized carbons (Fsp3) is 0.500. The summed E-state index contributed by atoms with van der Waals surface area (Å²) in [5, 5.41) is -1.57. The van der Waals surface area contributed by atoms with Crippen LogP contribution in [0.3, 0.4) is 0 Å². The molecule has 1 aliphatic heterocycles. The zero-order valence-electron chi connectivity index (χ0n) is 17.9. The maximum atomic E-state index is 13.4. The third-order valence-electron chi connectivity index (χ3n) is 4.38. The summed E-state index contributed by atoms with van der Waals surface area (Å²) in [5.74, 6) is -4.81. The summed E-state index contributed by atoms with van der Waals surface area (Å²) in [5.41, 5.74) is 0.499. The Morgan fingerprint density at radius 1 is 0.971 bits per heavy atom. The topological polar surface area (TPSA) is 90.0 Å². The molecule has 1 amide bonds. The summed E-state index contributed by atoms with van der Waals surface area (Å²) >= 11 is 4.48. The smallest absolute Gasteiger partial charge is 0.422 e. The van der Waals surface area contributed by atoms with Crippen LogP contribution in [0, 0.1) is 11.7 Å². The van der Waals surface area contributed by atoms with Gasteiger partial charge in [0.1, 0.15) is 5.82 Å². The van der Waals surface area contributed by atoms with E-state index in [1.165, 1.54) is 23.1 Å². The molecule has 0 N–H and O–H groups in total. The Balaban J connectivity index is 0.000000471. The zero-order chi connectivity index (χ0) is 27.0. The molecule has 2 atom stereocenters. The molecule has 1 fully saturated rings. The van der Waals surface area contributed by atoms with E-state index >= 15 is 0 Å². The minimum atomic E-state index is -4.70. The number of likely N-dealkylation sites (tertiary alicyclic amines) is 1. The van der Waals surface area contributed by atoms with Gasteiger partial charge in [0, 0.05) is 6.54 Å². The Kier molecular flexibility index (Phi) is 10.9. The van der Waals surface area contributed by atoms with Gasteiger partial charge < -0.3 is 14.4 Å². The number of hydrogen-bond donors (Lipinski definition) is 0. The second-order valence-corrected chi connectivity index (χ2v) is 7.71. The van der Waals surface area contributed by atoms with Gasteiger partial charge in [-0.2, -0.15) is 26.3 Å². The zero-order valence-corrected chi connectivity index (χ0v) is 18.7. The number of halogens is 8. The molecule has 1 aliphatic rings. The molecule has 1 aromatic rings. The summed E-state index contributed by atoms with van der Waals surface area (Å²) < 4.78 is 91.0. The molecule has 0 radical (unpaired) electrons. The number of alkyl halides is 6. The molecule has 2 rings (SSSR count). The van der Waals surface area contributed by atoms with Gasteiger partial charge in [0.2, 0.25) is 0 Å². The average molecular weight is 538 g/mol. The number of hydrogen-bond acceptors (Lipinski definition) is 6. The fourth-order valence-electron chi connectivity index (χ4n) is 2.97. The standard InChI is InChI=1S/C16H17F4NO3.C4H2ClF3O3/c1-10-5-6-13(11-3-2-4-12(17)7-11)21(8-10)14(22)15(23)24-9-16(18,19)20;5-2(9)3(10)11-1-4(6,7)8/h2-4,7,10,13H,5-6,8-9H2,1H3;1H2/t10-,13?;/m0./s1. The molecular formula is C20H19ClF7NO6. The van der Waals surface area contributed by atoms with E-state index in [9.17, 15) is 49.9 Å². The van der Waals surface area contributed by atoms with Crippen LogP contribution in [0.2, 0.25) is 0 Å². The number of carbonyl (C=O) groups excluding carboxylic acids is 4. The number of piperidine rings is 1. The highest BCUT2D eigenvalue weighted by Crippen LogP contribution is 2.33. The van der Waals surface area contributed by atoms with Crippen LogP contribution >= 0.6 is 11.6 Å². The normalized spacial score (nSPS) is 18.1. The monoisotopic (exact) mass is 537 g/mol. The van der Waals surface area contributed by atoms with E-state index in [0.717, 1.165) is 6.42 Å². The van der Waals surface area contributed by atoms with Crippen molar-refractivity contribution in [3.63, 3.8) is 0 Å². The highest BCUT2D eigenvalue weighted by atomic mass is 35.5. The lowest BCUT2D eigenvalue weighted by Gasteiger charge is -2.38. The first kappa shape index (κ1) is 30.1. The molecule has 1 saturated heterocycles. The van der Waals surface area contributed by atoms with E-state index in [1.54, 1.807) is 6.07 Å². The number of rotatable bonds is 4. The number of benzene rings is 1. The third kappa shape index (κ3) is 11.4. The molecule has 35 heavy (non-hydrogen) atoms. The van der Waals surface area contributed by atoms with Gasteiger partial charge >= 0.3 is 35.4 Å². The van der Waals surface area contributed by atoms with Crippen LogP contribution in [0.5, 0.6) is 0 Å². The highest BCUT2D eigenvalue weighted by Gasteiger charge is 2.37. The SMILES string of the molecule is C[C@H]1CCC(c2cccc(F)c2)N(C(=O)C(=O)OCC(F)(F)F)C1.O=C(Cl)C(=O)OCC(F)(F)F. The van der Waals surface area contributed by atoms with Crippen LogP contribution in [0.4, 0.5) is 30.7 Å². The Morgan fingerprint density at radius 2 is 1.51 bits per heavy atom. The minimum absolute atomic E-state index is 0.0779. The van der Waals surface area contributed by atoms with Gasteiger partial charge in [-0.15, -0.1) is 0 Å². The summed E-state index contributed by atoms with van der Waals surface area (Å²) in [4.78, 5) is 44.8. The lowest BCUT2D eigenvalue weighted by atomic mass is 9.90. The number of esters is 2. The number of nitrogens with zero attached hydrogens (tertiary/aromatic N) is 1. The molecule has 0 spiro atoms. The first-order chi connectivity index (χ1) is 16.0. The molecular weight excluding hydrogens is 519 g/mol. The van der Waals surface area contributed by atoms with Crippen LogP contribution in [0.25, 0.3) is 0 Å². The average Bonchev–Trinajstić information content (AvgIpc) is 2.74. The van der Waals surface area contributed by atoms with Crippen molar-refractivity contribution in [1.29, 1.82) is 0 Å². The highest BCUT2D eigenvalue weighted by molar-refractivity contribution is 6.80. The molecule has 1 unspecified atom stereocenters. The number of ether oxygens (including phenoxy) is 2. The van der Waals surface area contributed by atoms with Crippen LogP contribution in [0.15, 0.2) is 24.3 Å². The third-order valence-corrected chi connectivity index (χ3v) is 4.54. The molecule has 196 valence electrons. The van der Waals surface area contributed by atoms with Crippen LogP contribution in [0.1, 0.15) is 31.4 Å². The van der Waals surface area contributed by atoms with Gasteiger partial charge in [0.15, 0.2) is 13.2 Å². The van der Waals surface area contributed by atoms with E-state index < -0.39 is 60.5 Å². The van der Waals surface area contributed by atoms with E-state index in [-0.39, 0.29) is 12.5 Å². The van der Waals surface area contributed by atoms with Crippen LogP contribution in [-0.2, 0) is 28.7 Å². The first-order valence-corrected chi connectivity index (χ1v) is 10.1. The van der Waals surface area contributed by atoms with E-state index in [1.807, 2.05) is 6.92 Å². The summed E-state index contributed by atoms with van der Waals surface area (Å²) in [6, 6.07) is 5.03.